The Labute approximate surface area is 125 Å². The number of carbonyl (C=O) groups excluding carboxylic acids is 1. The third kappa shape index (κ3) is 4.09. The zero-order valence-electron chi connectivity index (χ0n) is 12.6. The van der Waals surface area contributed by atoms with Gasteiger partial charge in [-0.25, -0.2) is 0 Å². The summed E-state index contributed by atoms with van der Waals surface area (Å²) in [7, 11) is 0. The van der Waals surface area contributed by atoms with Gasteiger partial charge in [-0.15, -0.1) is 0 Å². The highest BCUT2D eigenvalue weighted by atomic mass is 16.5. The molecule has 0 aromatic heterocycles. The van der Waals surface area contributed by atoms with Crippen LogP contribution in [0.15, 0.2) is 48.5 Å². The van der Waals surface area contributed by atoms with Crippen molar-refractivity contribution in [1.29, 1.82) is 0 Å². The second-order valence-electron chi connectivity index (χ2n) is 6.22. The van der Waals surface area contributed by atoms with E-state index < -0.39 is 0 Å². The highest BCUT2D eigenvalue weighted by Crippen LogP contribution is 2.27. The molecule has 3 nitrogen and oxygen atoms in total. The topological polar surface area (TPSA) is 46.5 Å². The third-order valence-corrected chi connectivity index (χ3v) is 2.92. The van der Waals surface area contributed by atoms with Crippen LogP contribution in [0.1, 0.15) is 36.7 Å². The second-order valence-corrected chi connectivity index (χ2v) is 6.22. The van der Waals surface area contributed by atoms with Crippen LogP contribution >= 0.6 is 0 Å². The first-order valence-electron chi connectivity index (χ1n) is 6.92. The average molecular weight is 284 g/mol. The SMILES string of the molecule is CC(C)(C)COc1ccc(C(=O)c2ccccc2)c(O)c1. The molecule has 21 heavy (non-hydrogen) atoms. The number of aromatic hydroxyl groups is 1. The molecule has 2 aromatic carbocycles. The molecule has 0 saturated carbocycles. The standard InChI is InChI=1S/C18H20O3/c1-18(2,3)12-21-14-9-10-15(16(19)11-14)17(20)13-7-5-4-6-8-13/h4-11,19H,12H2,1-3H3. The molecule has 110 valence electrons. The molecule has 0 unspecified atom stereocenters. The molecule has 0 amide bonds. The minimum absolute atomic E-state index is 0.0359. The minimum Gasteiger partial charge on any atom is -0.507 e. The van der Waals surface area contributed by atoms with Gasteiger partial charge in [-0.1, -0.05) is 51.1 Å². The third-order valence-electron chi connectivity index (χ3n) is 2.92. The van der Waals surface area contributed by atoms with E-state index in [1.54, 1.807) is 36.4 Å². The van der Waals surface area contributed by atoms with Gasteiger partial charge in [0.15, 0.2) is 5.78 Å². The Morgan fingerprint density at radius 2 is 1.76 bits per heavy atom. The molecule has 0 aliphatic carbocycles. The number of hydrogen-bond donors (Lipinski definition) is 1. The zero-order valence-corrected chi connectivity index (χ0v) is 12.6. The highest BCUT2D eigenvalue weighted by Gasteiger charge is 2.15. The van der Waals surface area contributed by atoms with Crippen molar-refractivity contribution in [2.45, 2.75) is 20.8 Å². The van der Waals surface area contributed by atoms with Crippen molar-refractivity contribution in [3.63, 3.8) is 0 Å². The van der Waals surface area contributed by atoms with Crippen LogP contribution in [0.4, 0.5) is 0 Å². The van der Waals surface area contributed by atoms with Crippen LogP contribution in [0.2, 0.25) is 0 Å². The lowest BCUT2D eigenvalue weighted by atomic mass is 9.98. The van der Waals surface area contributed by atoms with Gasteiger partial charge >= 0.3 is 0 Å². The van der Waals surface area contributed by atoms with Gasteiger partial charge in [-0.05, 0) is 17.5 Å². The maximum Gasteiger partial charge on any atom is 0.196 e. The molecule has 3 heteroatoms. The van der Waals surface area contributed by atoms with E-state index in [0.29, 0.717) is 17.9 Å². The fourth-order valence-electron chi connectivity index (χ4n) is 1.84. The van der Waals surface area contributed by atoms with E-state index in [1.807, 2.05) is 6.07 Å². The number of ether oxygens (including phenoxy) is 1. The Hall–Kier alpha value is -2.29. The molecule has 1 N–H and O–H groups in total. The van der Waals surface area contributed by atoms with Gasteiger partial charge in [0.1, 0.15) is 11.5 Å². The summed E-state index contributed by atoms with van der Waals surface area (Å²) >= 11 is 0. The van der Waals surface area contributed by atoms with Gasteiger partial charge in [0.2, 0.25) is 0 Å². The predicted molar refractivity (Wildman–Crippen MR) is 82.9 cm³/mol. The van der Waals surface area contributed by atoms with Crippen LogP contribution in [-0.4, -0.2) is 17.5 Å². The van der Waals surface area contributed by atoms with Gasteiger partial charge in [-0.3, -0.25) is 4.79 Å². The summed E-state index contributed by atoms with van der Waals surface area (Å²) in [5.74, 6) is 0.303. The van der Waals surface area contributed by atoms with E-state index >= 15 is 0 Å². The van der Waals surface area contributed by atoms with E-state index in [9.17, 15) is 9.90 Å². The average Bonchev–Trinajstić information content (AvgIpc) is 2.45. The molecule has 0 heterocycles. The number of phenols is 1. The normalized spacial score (nSPS) is 11.2. The molecular weight excluding hydrogens is 264 g/mol. The Morgan fingerprint density at radius 3 is 2.33 bits per heavy atom. The maximum atomic E-state index is 12.3. The number of hydrogen-bond acceptors (Lipinski definition) is 3. The number of benzene rings is 2. The van der Waals surface area contributed by atoms with Crippen LogP contribution in [0, 0.1) is 5.41 Å². The van der Waals surface area contributed by atoms with Crippen molar-refractivity contribution in [2.75, 3.05) is 6.61 Å². The molecule has 0 spiro atoms. The Kier molecular flexibility index (Phi) is 4.32. The van der Waals surface area contributed by atoms with Gasteiger partial charge in [0.05, 0.1) is 12.2 Å². The van der Waals surface area contributed by atoms with Crippen molar-refractivity contribution in [3.05, 3.63) is 59.7 Å². The van der Waals surface area contributed by atoms with E-state index in [0.717, 1.165) is 0 Å². The number of carbonyl (C=O) groups is 1. The van der Waals surface area contributed by atoms with E-state index in [-0.39, 0.29) is 22.5 Å². The maximum absolute atomic E-state index is 12.3. The zero-order chi connectivity index (χ0) is 15.5. The first-order valence-corrected chi connectivity index (χ1v) is 6.92. The monoisotopic (exact) mass is 284 g/mol. The largest absolute Gasteiger partial charge is 0.507 e. The van der Waals surface area contributed by atoms with Gasteiger partial charge in [0.25, 0.3) is 0 Å². The minimum atomic E-state index is -0.199. The predicted octanol–water partition coefficient (Wildman–Crippen LogP) is 4.05. The summed E-state index contributed by atoms with van der Waals surface area (Å²) in [6.07, 6.45) is 0. The van der Waals surface area contributed by atoms with Crippen molar-refractivity contribution in [1.82, 2.24) is 0 Å². The Balaban J connectivity index is 2.18. The fourth-order valence-corrected chi connectivity index (χ4v) is 1.84. The molecule has 0 fully saturated rings. The van der Waals surface area contributed by atoms with Crippen molar-refractivity contribution < 1.29 is 14.6 Å². The Bertz CT molecular complexity index is 625. The number of phenolic OH excluding ortho intramolecular Hbond substituents is 1. The lowest BCUT2D eigenvalue weighted by Crippen LogP contribution is -2.16. The second kappa shape index (κ2) is 6.00. The van der Waals surface area contributed by atoms with Crippen LogP contribution in [-0.2, 0) is 0 Å². The molecule has 2 aromatic rings. The molecule has 2 rings (SSSR count). The lowest BCUT2D eigenvalue weighted by molar-refractivity contribution is 0.103. The van der Waals surface area contributed by atoms with E-state index in [2.05, 4.69) is 20.8 Å². The van der Waals surface area contributed by atoms with Gasteiger partial charge < -0.3 is 9.84 Å². The fraction of sp³-hybridized carbons (Fsp3) is 0.278. The molecule has 0 atom stereocenters. The van der Waals surface area contributed by atoms with Crippen LogP contribution in [0.25, 0.3) is 0 Å². The van der Waals surface area contributed by atoms with Crippen LogP contribution < -0.4 is 4.74 Å². The summed E-state index contributed by atoms with van der Waals surface area (Å²) in [6, 6.07) is 13.7. The summed E-state index contributed by atoms with van der Waals surface area (Å²) in [4.78, 5) is 12.3. The smallest absolute Gasteiger partial charge is 0.196 e. The van der Waals surface area contributed by atoms with Crippen LogP contribution in [0.3, 0.4) is 0 Å². The van der Waals surface area contributed by atoms with Crippen LogP contribution in [0.5, 0.6) is 11.5 Å². The van der Waals surface area contributed by atoms with Crippen molar-refractivity contribution >= 4 is 5.78 Å². The molecular formula is C18H20O3. The number of rotatable bonds is 4. The summed E-state index contributed by atoms with van der Waals surface area (Å²) in [6.45, 7) is 6.75. The summed E-state index contributed by atoms with van der Waals surface area (Å²) in [5.41, 5.74) is 0.870. The first kappa shape index (κ1) is 15.1. The van der Waals surface area contributed by atoms with Gasteiger partial charge in [-0.2, -0.15) is 0 Å². The first-order chi connectivity index (χ1) is 9.87. The van der Waals surface area contributed by atoms with Crippen molar-refractivity contribution in [2.24, 2.45) is 5.41 Å². The molecule has 0 aliphatic rings. The molecule has 0 saturated heterocycles. The number of ketones is 1. The summed E-state index contributed by atoms with van der Waals surface area (Å²) in [5, 5.41) is 10.1. The van der Waals surface area contributed by atoms with E-state index in [1.165, 1.54) is 6.07 Å². The lowest BCUT2D eigenvalue weighted by Gasteiger charge is -2.19. The molecule has 0 aliphatic heterocycles. The Morgan fingerprint density at radius 1 is 1.10 bits per heavy atom. The highest BCUT2D eigenvalue weighted by molar-refractivity contribution is 6.10. The summed E-state index contributed by atoms with van der Waals surface area (Å²) < 4.78 is 5.62. The van der Waals surface area contributed by atoms with E-state index in [4.69, 9.17) is 4.74 Å². The van der Waals surface area contributed by atoms with Crippen molar-refractivity contribution in [3.8, 4) is 11.5 Å². The molecule has 0 radical (unpaired) electrons. The quantitative estimate of drug-likeness (QED) is 0.862. The molecule has 0 bridgehead atoms. The van der Waals surface area contributed by atoms with Gasteiger partial charge in [0, 0.05) is 11.6 Å².